The molecule has 0 atom stereocenters. The molecule has 0 nitrogen and oxygen atoms in total. The first kappa shape index (κ1) is 10.5. The van der Waals surface area contributed by atoms with Crippen LogP contribution in [0, 0.1) is 0 Å². The second-order valence-electron chi connectivity index (χ2n) is 3.74. The minimum absolute atomic E-state index is 1.14. The summed E-state index contributed by atoms with van der Waals surface area (Å²) in [6, 6.07) is 0. The molecule has 0 amide bonds. The fourth-order valence-electron chi connectivity index (χ4n) is 0.751. The van der Waals surface area contributed by atoms with Crippen molar-refractivity contribution in [3.8, 4) is 0 Å². The molecule has 0 spiro atoms. The van der Waals surface area contributed by atoms with Gasteiger partial charge in [0.2, 0.25) is 0 Å². The fourth-order valence-corrected chi connectivity index (χ4v) is 0.751. The van der Waals surface area contributed by atoms with Crippen LogP contribution in [0.25, 0.3) is 0 Å². The highest BCUT2D eigenvalue weighted by molar-refractivity contribution is 5.18. The SMILES string of the molecule is CC(C)=C(C)CC(C)=C(C)C. The molecule has 0 N–H and O–H groups in total. The van der Waals surface area contributed by atoms with Crippen molar-refractivity contribution >= 4 is 0 Å². The van der Waals surface area contributed by atoms with E-state index >= 15 is 0 Å². The second kappa shape index (κ2) is 4.38. The van der Waals surface area contributed by atoms with Gasteiger partial charge in [-0.05, 0) is 48.0 Å². The minimum Gasteiger partial charge on any atom is -0.0772 e. The maximum atomic E-state index is 2.21. The van der Waals surface area contributed by atoms with Crippen LogP contribution < -0.4 is 0 Å². The predicted octanol–water partition coefficient (Wildman–Crippen LogP) is 4.09. The Balaban J connectivity index is 4.30. The van der Waals surface area contributed by atoms with Gasteiger partial charge in [-0.2, -0.15) is 0 Å². The standard InChI is InChI=1S/C11H20/c1-8(2)10(5)7-11(6)9(3)4/h7H2,1-6H3. The van der Waals surface area contributed by atoms with Crippen molar-refractivity contribution in [3.05, 3.63) is 22.3 Å². The molecule has 0 heterocycles. The summed E-state index contributed by atoms with van der Waals surface area (Å²) < 4.78 is 0. The van der Waals surface area contributed by atoms with Gasteiger partial charge >= 0.3 is 0 Å². The predicted molar refractivity (Wildman–Crippen MR) is 52.7 cm³/mol. The summed E-state index contributed by atoms with van der Waals surface area (Å²) in [5.41, 5.74) is 5.91. The quantitative estimate of drug-likeness (QED) is 0.523. The average Bonchev–Trinajstić information content (AvgIpc) is 1.87. The molecule has 0 aliphatic carbocycles. The van der Waals surface area contributed by atoms with Crippen molar-refractivity contribution in [2.24, 2.45) is 0 Å². The summed E-state index contributed by atoms with van der Waals surface area (Å²) in [5.74, 6) is 0. The van der Waals surface area contributed by atoms with Crippen LogP contribution in [0.4, 0.5) is 0 Å². The highest BCUT2D eigenvalue weighted by Gasteiger charge is 1.95. The van der Waals surface area contributed by atoms with Crippen molar-refractivity contribution in [1.82, 2.24) is 0 Å². The van der Waals surface area contributed by atoms with E-state index in [2.05, 4.69) is 41.5 Å². The molecular formula is C11H20. The maximum absolute atomic E-state index is 2.21. The topological polar surface area (TPSA) is 0 Å². The summed E-state index contributed by atoms with van der Waals surface area (Å²) in [7, 11) is 0. The van der Waals surface area contributed by atoms with Crippen LogP contribution in [0.5, 0.6) is 0 Å². The van der Waals surface area contributed by atoms with Gasteiger partial charge < -0.3 is 0 Å². The molecule has 0 aromatic rings. The molecular weight excluding hydrogens is 132 g/mol. The molecule has 0 aromatic heterocycles. The zero-order valence-electron chi connectivity index (χ0n) is 8.71. The van der Waals surface area contributed by atoms with Gasteiger partial charge in [-0.1, -0.05) is 22.3 Å². The lowest BCUT2D eigenvalue weighted by atomic mass is 10.0. The molecule has 0 fully saturated rings. The normalized spacial score (nSPS) is 9.27. The molecule has 0 aromatic carbocycles. The van der Waals surface area contributed by atoms with Gasteiger partial charge in [0.1, 0.15) is 0 Å². The van der Waals surface area contributed by atoms with E-state index in [0.29, 0.717) is 0 Å². The van der Waals surface area contributed by atoms with Crippen LogP contribution >= 0.6 is 0 Å². The molecule has 0 bridgehead atoms. The van der Waals surface area contributed by atoms with E-state index in [1.54, 1.807) is 0 Å². The van der Waals surface area contributed by atoms with E-state index in [9.17, 15) is 0 Å². The summed E-state index contributed by atoms with van der Waals surface area (Å²) in [5, 5.41) is 0. The third-order valence-electron chi connectivity index (χ3n) is 2.24. The smallest absolute Gasteiger partial charge is 0.0109 e. The monoisotopic (exact) mass is 152 g/mol. The lowest BCUT2D eigenvalue weighted by Gasteiger charge is -2.05. The van der Waals surface area contributed by atoms with E-state index in [0.717, 1.165) is 6.42 Å². The minimum atomic E-state index is 1.14. The van der Waals surface area contributed by atoms with Crippen LogP contribution in [0.1, 0.15) is 48.0 Å². The summed E-state index contributed by atoms with van der Waals surface area (Å²) in [4.78, 5) is 0. The lowest BCUT2D eigenvalue weighted by Crippen LogP contribution is -1.85. The molecule has 0 saturated carbocycles. The third-order valence-corrected chi connectivity index (χ3v) is 2.24. The van der Waals surface area contributed by atoms with Gasteiger partial charge in [0.15, 0.2) is 0 Å². The van der Waals surface area contributed by atoms with Crippen LogP contribution in [0.3, 0.4) is 0 Å². The Kier molecular flexibility index (Phi) is 4.17. The van der Waals surface area contributed by atoms with Gasteiger partial charge in [-0.15, -0.1) is 0 Å². The Labute approximate surface area is 71.0 Å². The fraction of sp³-hybridized carbons (Fsp3) is 0.636. The molecule has 0 unspecified atom stereocenters. The van der Waals surface area contributed by atoms with E-state index in [4.69, 9.17) is 0 Å². The average molecular weight is 152 g/mol. The molecule has 0 aliphatic rings. The molecule has 0 saturated heterocycles. The van der Waals surface area contributed by atoms with Crippen LogP contribution in [-0.2, 0) is 0 Å². The Morgan fingerprint density at radius 3 is 1.09 bits per heavy atom. The Bertz CT molecular complexity index is 162. The van der Waals surface area contributed by atoms with E-state index in [1.165, 1.54) is 22.3 Å². The lowest BCUT2D eigenvalue weighted by molar-refractivity contribution is 1.03. The molecule has 0 radical (unpaired) electrons. The van der Waals surface area contributed by atoms with Crippen molar-refractivity contribution < 1.29 is 0 Å². The number of allylic oxidation sites excluding steroid dienone is 4. The van der Waals surface area contributed by atoms with Gasteiger partial charge in [-0.25, -0.2) is 0 Å². The second-order valence-corrected chi connectivity index (χ2v) is 3.74. The molecule has 0 aliphatic heterocycles. The van der Waals surface area contributed by atoms with E-state index in [-0.39, 0.29) is 0 Å². The van der Waals surface area contributed by atoms with Crippen LogP contribution in [0.2, 0.25) is 0 Å². The molecule has 11 heavy (non-hydrogen) atoms. The van der Waals surface area contributed by atoms with E-state index < -0.39 is 0 Å². The van der Waals surface area contributed by atoms with Crippen molar-refractivity contribution in [1.29, 1.82) is 0 Å². The first-order valence-corrected chi connectivity index (χ1v) is 4.21. The van der Waals surface area contributed by atoms with E-state index in [1.807, 2.05) is 0 Å². The first-order valence-electron chi connectivity index (χ1n) is 4.21. The van der Waals surface area contributed by atoms with Crippen molar-refractivity contribution in [3.63, 3.8) is 0 Å². The molecule has 0 heteroatoms. The zero-order chi connectivity index (χ0) is 9.02. The van der Waals surface area contributed by atoms with Crippen LogP contribution in [0.15, 0.2) is 22.3 Å². The number of rotatable bonds is 2. The Morgan fingerprint density at radius 2 is 0.909 bits per heavy atom. The highest BCUT2D eigenvalue weighted by atomic mass is 14.0. The van der Waals surface area contributed by atoms with Gasteiger partial charge in [0, 0.05) is 0 Å². The number of hydrogen-bond donors (Lipinski definition) is 0. The maximum Gasteiger partial charge on any atom is -0.0109 e. The summed E-state index contributed by atoms with van der Waals surface area (Å²) >= 11 is 0. The van der Waals surface area contributed by atoms with Gasteiger partial charge in [0.05, 0.1) is 0 Å². The number of hydrogen-bond acceptors (Lipinski definition) is 0. The van der Waals surface area contributed by atoms with Crippen LogP contribution in [-0.4, -0.2) is 0 Å². The summed E-state index contributed by atoms with van der Waals surface area (Å²) in [6.45, 7) is 13.1. The van der Waals surface area contributed by atoms with Crippen molar-refractivity contribution in [2.45, 2.75) is 48.0 Å². The molecule has 64 valence electrons. The summed E-state index contributed by atoms with van der Waals surface area (Å²) in [6.07, 6.45) is 1.14. The first-order chi connectivity index (χ1) is 4.95. The van der Waals surface area contributed by atoms with Crippen molar-refractivity contribution in [2.75, 3.05) is 0 Å². The Hall–Kier alpha value is -0.520. The van der Waals surface area contributed by atoms with Gasteiger partial charge in [0.25, 0.3) is 0 Å². The largest absolute Gasteiger partial charge is 0.0772 e. The van der Waals surface area contributed by atoms with Gasteiger partial charge in [-0.3, -0.25) is 0 Å². The molecule has 0 rings (SSSR count). The third kappa shape index (κ3) is 4.02. The zero-order valence-corrected chi connectivity index (χ0v) is 8.71. The highest BCUT2D eigenvalue weighted by Crippen LogP contribution is 2.16. The Morgan fingerprint density at radius 1 is 0.636 bits per heavy atom.